The van der Waals surface area contributed by atoms with Crippen LogP contribution in [0, 0.1) is 16.7 Å². The molecule has 0 aromatic heterocycles. The second-order valence-corrected chi connectivity index (χ2v) is 4.94. The summed E-state index contributed by atoms with van der Waals surface area (Å²) in [4.78, 5) is 11.4. The van der Waals surface area contributed by atoms with Gasteiger partial charge >= 0.3 is 0 Å². The summed E-state index contributed by atoms with van der Waals surface area (Å²) in [6.07, 6.45) is 6.37. The van der Waals surface area contributed by atoms with Crippen molar-refractivity contribution in [3.05, 3.63) is 0 Å². The van der Waals surface area contributed by atoms with Crippen molar-refractivity contribution in [3.8, 4) is 6.07 Å². The van der Waals surface area contributed by atoms with E-state index in [0.29, 0.717) is 13.0 Å². The second-order valence-electron chi connectivity index (χ2n) is 4.94. The van der Waals surface area contributed by atoms with Crippen LogP contribution in [0.5, 0.6) is 0 Å². The van der Waals surface area contributed by atoms with E-state index in [4.69, 9.17) is 5.26 Å². The van der Waals surface area contributed by atoms with Gasteiger partial charge in [0.2, 0.25) is 5.91 Å². The highest BCUT2D eigenvalue weighted by Crippen LogP contribution is 2.11. The molecule has 3 nitrogen and oxygen atoms in total. The molecule has 0 fully saturated rings. The summed E-state index contributed by atoms with van der Waals surface area (Å²) in [5, 5.41) is 11.6. The predicted molar refractivity (Wildman–Crippen MR) is 65.8 cm³/mol. The Kier molecular flexibility index (Phi) is 7.62. The Balaban J connectivity index is 3.50. The number of nitriles is 1. The fourth-order valence-electron chi connectivity index (χ4n) is 1.34. The van der Waals surface area contributed by atoms with Crippen molar-refractivity contribution in [3.63, 3.8) is 0 Å². The van der Waals surface area contributed by atoms with Crippen molar-refractivity contribution in [2.24, 2.45) is 5.41 Å². The first-order valence-corrected chi connectivity index (χ1v) is 6.20. The van der Waals surface area contributed by atoms with Crippen LogP contribution in [0.25, 0.3) is 0 Å². The molecule has 0 unspecified atom stereocenters. The van der Waals surface area contributed by atoms with Gasteiger partial charge in [-0.1, -0.05) is 32.6 Å². The molecule has 0 aromatic rings. The molecule has 0 rings (SSSR count). The van der Waals surface area contributed by atoms with Gasteiger partial charge < -0.3 is 5.32 Å². The van der Waals surface area contributed by atoms with Crippen molar-refractivity contribution in [1.29, 1.82) is 5.26 Å². The monoisotopic (exact) mass is 224 g/mol. The zero-order valence-electron chi connectivity index (χ0n) is 10.8. The number of carbonyl (C=O) groups excluding carboxylic acids is 1. The fourth-order valence-corrected chi connectivity index (χ4v) is 1.34. The molecule has 1 N–H and O–H groups in total. The van der Waals surface area contributed by atoms with Crippen LogP contribution in [0.3, 0.4) is 0 Å². The van der Waals surface area contributed by atoms with Gasteiger partial charge in [-0.25, -0.2) is 0 Å². The average Bonchev–Trinajstić information content (AvgIpc) is 2.26. The van der Waals surface area contributed by atoms with E-state index in [1.165, 1.54) is 19.3 Å². The summed E-state index contributed by atoms with van der Waals surface area (Å²) in [6.45, 7) is 6.27. The number of unbranched alkanes of at least 4 members (excludes halogenated alkanes) is 4. The SMILES string of the molecule is CCCCCCCC(=O)NCC(C)(C)C#N. The fraction of sp³-hybridized carbons (Fsp3) is 0.846. The van der Waals surface area contributed by atoms with Crippen molar-refractivity contribution >= 4 is 5.91 Å². The van der Waals surface area contributed by atoms with Crippen LogP contribution in [-0.4, -0.2) is 12.5 Å². The van der Waals surface area contributed by atoms with Gasteiger partial charge in [0.1, 0.15) is 0 Å². The minimum absolute atomic E-state index is 0.0693. The highest BCUT2D eigenvalue weighted by molar-refractivity contribution is 5.75. The van der Waals surface area contributed by atoms with Crippen LogP contribution in [-0.2, 0) is 4.79 Å². The molecule has 0 bridgehead atoms. The van der Waals surface area contributed by atoms with E-state index < -0.39 is 5.41 Å². The summed E-state index contributed by atoms with van der Waals surface area (Å²) in [5.41, 5.74) is -0.460. The van der Waals surface area contributed by atoms with Gasteiger partial charge in [0, 0.05) is 13.0 Å². The minimum Gasteiger partial charge on any atom is -0.355 e. The molecule has 0 saturated heterocycles. The van der Waals surface area contributed by atoms with Crippen LogP contribution in [0.4, 0.5) is 0 Å². The third kappa shape index (κ3) is 8.28. The van der Waals surface area contributed by atoms with Gasteiger partial charge in [0.15, 0.2) is 0 Å². The van der Waals surface area contributed by atoms with Crippen molar-refractivity contribution < 1.29 is 4.79 Å². The van der Waals surface area contributed by atoms with Crippen molar-refractivity contribution in [1.82, 2.24) is 5.32 Å². The smallest absolute Gasteiger partial charge is 0.220 e. The molecular weight excluding hydrogens is 200 g/mol. The lowest BCUT2D eigenvalue weighted by Gasteiger charge is -2.15. The number of carbonyl (C=O) groups is 1. The molecule has 0 aliphatic rings. The Morgan fingerprint density at radius 1 is 1.25 bits per heavy atom. The standard InChI is InChI=1S/C13H24N2O/c1-4-5-6-7-8-9-12(16)15-11-13(2,3)10-14/h4-9,11H2,1-3H3,(H,15,16). The van der Waals surface area contributed by atoms with Crippen LogP contribution in [0.15, 0.2) is 0 Å². The van der Waals surface area contributed by atoms with E-state index in [9.17, 15) is 4.79 Å². The maximum Gasteiger partial charge on any atom is 0.220 e. The van der Waals surface area contributed by atoms with E-state index in [-0.39, 0.29) is 5.91 Å². The van der Waals surface area contributed by atoms with E-state index in [1.54, 1.807) is 0 Å². The Morgan fingerprint density at radius 2 is 1.88 bits per heavy atom. The van der Waals surface area contributed by atoms with Crippen LogP contribution >= 0.6 is 0 Å². The van der Waals surface area contributed by atoms with E-state index >= 15 is 0 Å². The number of hydrogen-bond donors (Lipinski definition) is 1. The summed E-state index contributed by atoms with van der Waals surface area (Å²) < 4.78 is 0. The summed E-state index contributed by atoms with van der Waals surface area (Å²) >= 11 is 0. The molecule has 1 amide bonds. The Labute approximate surface area is 99.2 Å². The third-order valence-electron chi connectivity index (χ3n) is 2.54. The highest BCUT2D eigenvalue weighted by atomic mass is 16.1. The van der Waals surface area contributed by atoms with Gasteiger partial charge in [0.05, 0.1) is 11.5 Å². The minimum atomic E-state index is -0.460. The Morgan fingerprint density at radius 3 is 2.44 bits per heavy atom. The molecule has 92 valence electrons. The number of rotatable bonds is 8. The first kappa shape index (κ1) is 15.0. The van der Waals surface area contributed by atoms with Crippen LogP contribution in [0.1, 0.15) is 59.3 Å². The van der Waals surface area contributed by atoms with Gasteiger partial charge in [0.25, 0.3) is 0 Å². The lowest BCUT2D eigenvalue weighted by atomic mass is 9.96. The maximum absolute atomic E-state index is 11.4. The Bertz CT molecular complexity index is 241. The topological polar surface area (TPSA) is 52.9 Å². The van der Waals surface area contributed by atoms with Gasteiger partial charge in [-0.2, -0.15) is 5.26 Å². The molecule has 0 heterocycles. The first-order valence-electron chi connectivity index (χ1n) is 6.20. The molecule has 3 heteroatoms. The molecule has 16 heavy (non-hydrogen) atoms. The molecule has 0 aliphatic heterocycles. The van der Waals surface area contributed by atoms with Gasteiger partial charge in [-0.05, 0) is 20.3 Å². The first-order chi connectivity index (χ1) is 7.52. The van der Waals surface area contributed by atoms with Gasteiger partial charge in [-0.15, -0.1) is 0 Å². The van der Waals surface area contributed by atoms with Crippen LogP contribution < -0.4 is 5.32 Å². The quantitative estimate of drug-likeness (QED) is 0.644. The van der Waals surface area contributed by atoms with Crippen molar-refractivity contribution in [2.45, 2.75) is 59.3 Å². The molecule has 0 spiro atoms. The molecule has 0 saturated carbocycles. The normalized spacial score (nSPS) is 10.9. The summed E-state index contributed by atoms with van der Waals surface area (Å²) in [5.74, 6) is 0.0693. The van der Waals surface area contributed by atoms with Crippen LogP contribution in [0.2, 0.25) is 0 Å². The van der Waals surface area contributed by atoms with E-state index in [2.05, 4.69) is 18.3 Å². The average molecular weight is 224 g/mol. The van der Waals surface area contributed by atoms with E-state index in [1.807, 2.05) is 13.8 Å². The lowest BCUT2D eigenvalue weighted by molar-refractivity contribution is -0.121. The molecule has 0 radical (unpaired) electrons. The summed E-state index contributed by atoms with van der Waals surface area (Å²) in [7, 11) is 0. The molecular formula is C13H24N2O. The van der Waals surface area contributed by atoms with Gasteiger partial charge in [-0.3, -0.25) is 4.79 Å². The zero-order valence-corrected chi connectivity index (χ0v) is 10.8. The molecule has 0 aromatic carbocycles. The zero-order chi connectivity index (χ0) is 12.4. The third-order valence-corrected chi connectivity index (χ3v) is 2.54. The number of amides is 1. The second kappa shape index (κ2) is 8.15. The van der Waals surface area contributed by atoms with E-state index in [0.717, 1.165) is 12.8 Å². The van der Waals surface area contributed by atoms with Crippen molar-refractivity contribution in [2.75, 3.05) is 6.54 Å². The maximum atomic E-state index is 11.4. The summed E-state index contributed by atoms with van der Waals surface area (Å²) in [6, 6.07) is 2.17. The molecule has 0 atom stereocenters. The highest BCUT2D eigenvalue weighted by Gasteiger charge is 2.17. The number of nitrogens with zero attached hydrogens (tertiary/aromatic N) is 1. The number of hydrogen-bond acceptors (Lipinski definition) is 2. The largest absolute Gasteiger partial charge is 0.355 e. The Hall–Kier alpha value is -1.04. The lowest BCUT2D eigenvalue weighted by Crippen LogP contribution is -2.32. The molecule has 0 aliphatic carbocycles. The number of nitrogens with one attached hydrogen (secondary N) is 1. The predicted octanol–water partition coefficient (Wildman–Crippen LogP) is 3.01.